The molecule has 0 aliphatic carbocycles. The largest absolute Gasteiger partial charge is 0.489 e. The molecule has 1 aromatic heterocycles. The predicted molar refractivity (Wildman–Crippen MR) is 104 cm³/mol. The maximum absolute atomic E-state index is 12.5. The van der Waals surface area contributed by atoms with Crippen molar-refractivity contribution in [3.05, 3.63) is 71.1 Å². The van der Waals surface area contributed by atoms with Crippen molar-refractivity contribution in [2.75, 3.05) is 11.6 Å². The van der Waals surface area contributed by atoms with E-state index in [1.807, 2.05) is 13.8 Å². The number of aryl methyl sites for hydroxylation is 2. The van der Waals surface area contributed by atoms with E-state index in [4.69, 9.17) is 9.26 Å². The molecule has 1 N–H and O–H groups in total. The van der Waals surface area contributed by atoms with Crippen LogP contribution >= 0.6 is 0 Å². The number of hydrogen-bond donors (Lipinski definition) is 1. The van der Waals surface area contributed by atoms with E-state index in [-0.39, 0.29) is 10.8 Å². The molecule has 3 rings (SSSR count). The van der Waals surface area contributed by atoms with Gasteiger partial charge in [-0.05, 0) is 56.3 Å². The summed E-state index contributed by atoms with van der Waals surface area (Å²) in [6.45, 7) is 3.95. The van der Waals surface area contributed by atoms with Crippen molar-refractivity contribution in [2.45, 2.75) is 25.3 Å². The average molecular weight is 400 g/mol. The molecule has 0 saturated carbocycles. The van der Waals surface area contributed by atoms with Crippen LogP contribution < -0.4 is 10.1 Å². The molecule has 0 spiro atoms. The summed E-state index contributed by atoms with van der Waals surface area (Å²) in [5.41, 5.74) is 2.56. The Morgan fingerprint density at radius 1 is 1.14 bits per heavy atom. The van der Waals surface area contributed by atoms with Crippen molar-refractivity contribution in [3.8, 4) is 5.75 Å². The maximum atomic E-state index is 12.5. The van der Waals surface area contributed by atoms with Crippen LogP contribution in [0, 0.1) is 13.8 Å². The molecule has 0 aliphatic rings. The molecule has 1 amide bonds. The second-order valence-corrected chi connectivity index (χ2v) is 8.39. The lowest BCUT2D eigenvalue weighted by atomic mass is 10.2. The zero-order valence-corrected chi connectivity index (χ0v) is 16.5. The average Bonchev–Trinajstić information content (AvgIpc) is 2.98. The Bertz CT molecular complexity index is 1080. The molecular formula is C20H20N2O5S. The van der Waals surface area contributed by atoms with E-state index < -0.39 is 9.84 Å². The smallest absolute Gasteiger partial charge is 0.255 e. The van der Waals surface area contributed by atoms with Gasteiger partial charge in [0.1, 0.15) is 18.1 Å². The van der Waals surface area contributed by atoms with Gasteiger partial charge in [-0.3, -0.25) is 4.79 Å². The molecule has 0 bridgehead atoms. The van der Waals surface area contributed by atoms with Crippen molar-refractivity contribution < 1.29 is 22.5 Å². The number of sulfone groups is 1. The lowest BCUT2D eigenvalue weighted by Crippen LogP contribution is -2.12. The molecule has 2 aromatic carbocycles. The minimum absolute atomic E-state index is 0.195. The fraction of sp³-hybridized carbons (Fsp3) is 0.200. The lowest BCUT2D eigenvalue weighted by molar-refractivity contribution is 0.102. The van der Waals surface area contributed by atoms with E-state index in [0.717, 1.165) is 17.5 Å². The molecule has 0 radical (unpaired) electrons. The van der Waals surface area contributed by atoms with Gasteiger partial charge in [0.15, 0.2) is 9.84 Å². The van der Waals surface area contributed by atoms with E-state index in [1.165, 1.54) is 12.1 Å². The van der Waals surface area contributed by atoms with Crippen LogP contribution in [0.5, 0.6) is 5.75 Å². The Morgan fingerprint density at radius 2 is 1.86 bits per heavy atom. The van der Waals surface area contributed by atoms with Crippen LogP contribution in [0.25, 0.3) is 0 Å². The summed E-state index contributed by atoms with van der Waals surface area (Å²) in [6.07, 6.45) is 1.13. The minimum atomic E-state index is -3.28. The molecular weight excluding hydrogens is 380 g/mol. The number of nitrogens with zero attached hydrogens (tertiary/aromatic N) is 1. The summed E-state index contributed by atoms with van der Waals surface area (Å²) in [4.78, 5) is 12.7. The highest BCUT2D eigenvalue weighted by atomic mass is 32.2. The fourth-order valence-electron chi connectivity index (χ4n) is 2.58. The molecule has 146 valence electrons. The highest BCUT2D eigenvalue weighted by molar-refractivity contribution is 7.90. The summed E-state index contributed by atoms with van der Waals surface area (Å²) in [5, 5.41) is 6.62. The molecule has 28 heavy (non-hydrogen) atoms. The monoisotopic (exact) mass is 400 g/mol. The molecule has 0 saturated heterocycles. The van der Waals surface area contributed by atoms with Gasteiger partial charge in [-0.15, -0.1) is 0 Å². The highest BCUT2D eigenvalue weighted by Gasteiger charge is 2.12. The van der Waals surface area contributed by atoms with E-state index in [2.05, 4.69) is 10.5 Å². The second-order valence-electron chi connectivity index (χ2n) is 6.37. The Kier molecular flexibility index (Phi) is 5.51. The third-order valence-electron chi connectivity index (χ3n) is 4.20. The molecule has 8 heteroatoms. The first-order valence-electron chi connectivity index (χ1n) is 8.50. The Morgan fingerprint density at radius 3 is 2.46 bits per heavy atom. The molecule has 3 aromatic rings. The summed E-state index contributed by atoms with van der Waals surface area (Å²) in [5.74, 6) is 0.916. The van der Waals surface area contributed by atoms with Crippen molar-refractivity contribution in [2.24, 2.45) is 0 Å². The predicted octanol–water partition coefficient (Wildman–Crippen LogP) is 3.53. The first kappa shape index (κ1) is 19.6. The maximum Gasteiger partial charge on any atom is 0.255 e. The van der Waals surface area contributed by atoms with Crippen LogP contribution in [-0.2, 0) is 16.4 Å². The number of amides is 1. The van der Waals surface area contributed by atoms with Gasteiger partial charge in [-0.25, -0.2) is 8.42 Å². The Hall–Kier alpha value is -3.13. The SMILES string of the molecule is Cc1noc(C)c1COc1cccc(C(=O)Nc2ccc(S(C)(=O)=O)cc2)c1. The summed E-state index contributed by atoms with van der Waals surface area (Å²) < 4.78 is 33.9. The van der Waals surface area contributed by atoms with Crippen LogP contribution in [0.4, 0.5) is 5.69 Å². The Balaban J connectivity index is 1.68. The number of rotatable bonds is 6. The standard InChI is InChI=1S/C20H20N2O5S/c1-13-19(14(2)27-22-13)12-26-17-6-4-5-15(11-17)20(23)21-16-7-9-18(10-8-16)28(3,24)25/h4-11H,12H2,1-3H3,(H,21,23). The summed E-state index contributed by atoms with van der Waals surface area (Å²) in [7, 11) is -3.28. The van der Waals surface area contributed by atoms with Crippen LogP contribution in [0.2, 0.25) is 0 Å². The number of nitrogens with one attached hydrogen (secondary N) is 1. The number of anilines is 1. The Labute approximate surface area is 163 Å². The molecule has 7 nitrogen and oxygen atoms in total. The fourth-order valence-corrected chi connectivity index (χ4v) is 3.21. The third kappa shape index (κ3) is 4.58. The molecule has 1 heterocycles. The van der Waals surface area contributed by atoms with Crippen LogP contribution in [0.3, 0.4) is 0 Å². The van der Waals surface area contributed by atoms with Crippen LogP contribution in [-0.4, -0.2) is 25.7 Å². The zero-order valence-electron chi connectivity index (χ0n) is 15.7. The second kappa shape index (κ2) is 7.85. The topological polar surface area (TPSA) is 98.5 Å². The normalized spacial score (nSPS) is 11.2. The van der Waals surface area contributed by atoms with Gasteiger partial charge in [0.05, 0.1) is 16.2 Å². The highest BCUT2D eigenvalue weighted by Crippen LogP contribution is 2.20. The van der Waals surface area contributed by atoms with Crippen LogP contribution in [0.1, 0.15) is 27.4 Å². The summed E-state index contributed by atoms with van der Waals surface area (Å²) >= 11 is 0. The van der Waals surface area contributed by atoms with Gasteiger partial charge in [0, 0.05) is 17.5 Å². The van der Waals surface area contributed by atoms with E-state index in [9.17, 15) is 13.2 Å². The van der Waals surface area contributed by atoms with Crippen molar-refractivity contribution >= 4 is 21.4 Å². The lowest BCUT2D eigenvalue weighted by Gasteiger charge is -2.09. The van der Waals surface area contributed by atoms with Gasteiger partial charge in [-0.2, -0.15) is 0 Å². The number of ether oxygens (including phenoxy) is 1. The number of benzene rings is 2. The first-order valence-corrected chi connectivity index (χ1v) is 10.4. The van der Waals surface area contributed by atoms with Crippen molar-refractivity contribution in [1.82, 2.24) is 5.16 Å². The number of aromatic nitrogens is 1. The molecule has 0 atom stereocenters. The van der Waals surface area contributed by atoms with Crippen molar-refractivity contribution in [1.29, 1.82) is 0 Å². The molecule has 0 fully saturated rings. The first-order chi connectivity index (χ1) is 13.2. The van der Waals surface area contributed by atoms with Crippen LogP contribution in [0.15, 0.2) is 57.9 Å². The number of hydrogen-bond acceptors (Lipinski definition) is 6. The van der Waals surface area contributed by atoms with Gasteiger partial charge < -0.3 is 14.6 Å². The number of carbonyl (C=O) groups excluding carboxylic acids is 1. The van der Waals surface area contributed by atoms with Gasteiger partial charge in [0.2, 0.25) is 0 Å². The van der Waals surface area contributed by atoms with E-state index in [1.54, 1.807) is 36.4 Å². The third-order valence-corrected chi connectivity index (χ3v) is 5.33. The van der Waals surface area contributed by atoms with E-state index >= 15 is 0 Å². The number of carbonyl (C=O) groups is 1. The zero-order chi connectivity index (χ0) is 20.3. The quantitative estimate of drug-likeness (QED) is 0.680. The van der Waals surface area contributed by atoms with E-state index in [0.29, 0.717) is 29.4 Å². The summed E-state index contributed by atoms with van der Waals surface area (Å²) in [6, 6.07) is 12.8. The molecule has 0 aliphatic heterocycles. The minimum Gasteiger partial charge on any atom is -0.489 e. The van der Waals surface area contributed by atoms with Gasteiger partial charge in [-0.1, -0.05) is 11.2 Å². The molecule has 0 unspecified atom stereocenters. The van der Waals surface area contributed by atoms with Gasteiger partial charge >= 0.3 is 0 Å². The van der Waals surface area contributed by atoms with Crippen molar-refractivity contribution in [3.63, 3.8) is 0 Å². The van der Waals surface area contributed by atoms with Gasteiger partial charge in [0.25, 0.3) is 5.91 Å².